The molecule has 1 atom stereocenters. The third-order valence-corrected chi connectivity index (χ3v) is 2.92. The van der Waals surface area contributed by atoms with Crippen LogP contribution in [0.5, 0.6) is 0 Å². The van der Waals surface area contributed by atoms with E-state index in [1.807, 2.05) is 0 Å². The molecule has 1 rings (SSSR count). The standard InChI is InChI=1S/C11H23NO3/c1-9(2)12(4-10(3)14)5-11(6-13)7-15-8-11/h9-10,13-14H,4-8H2,1-3H3. The summed E-state index contributed by atoms with van der Waals surface area (Å²) in [5, 5.41) is 18.7. The molecule has 1 heterocycles. The lowest BCUT2D eigenvalue weighted by Gasteiger charge is -2.44. The van der Waals surface area contributed by atoms with E-state index in [1.54, 1.807) is 6.92 Å². The topological polar surface area (TPSA) is 52.9 Å². The molecule has 0 radical (unpaired) electrons. The van der Waals surface area contributed by atoms with Crippen molar-refractivity contribution in [3.8, 4) is 0 Å². The minimum atomic E-state index is -0.330. The first kappa shape index (κ1) is 12.9. The van der Waals surface area contributed by atoms with Crippen LogP contribution in [0.25, 0.3) is 0 Å². The highest BCUT2D eigenvalue weighted by atomic mass is 16.5. The quantitative estimate of drug-likeness (QED) is 0.662. The van der Waals surface area contributed by atoms with E-state index >= 15 is 0 Å². The molecule has 0 aliphatic carbocycles. The average Bonchev–Trinajstić information content (AvgIpc) is 2.08. The molecule has 1 aliphatic heterocycles. The van der Waals surface area contributed by atoms with Crippen LogP contribution in [0.1, 0.15) is 20.8 Å². The van der Waals surface area contributed by atoms with Crippen molar-refractivity contribution in [2.75, 3.05) is 32.9 Å². The van der Waals surface area contributed by atoms with Crippen LogP contribution in [0, 0.1) is 5.41 Å². The van der Waals surface area contributed by atoms with E-state index in [0.717, 1.165) is 6.54 Å². The lowest BCUT2D eigenvalue weighted by atomic mass is 9.86. The maximum atomic E-state index is 9.40. The molecule has 0 bridgehead atoms. The molecule has 0 spiro atoms. The van der Waals surface area contributed by atoms with Crippen LogP contribution < -0.4 is 0 Å². The Kier molecular flexibility index (Phi) is 4.52. The molecule has 0 amide bonds. The zero-order chi connectivity index (χ0) is 11.5. The monoisotopic (exact) mass is 217 g/mol. The Morgan fingerprint density at radius 1 is 1.33 bits per heavy atom. The molecule has 1 unspecified atom stereocenters. The molecule has 90 valence electrons. The summed E-state index contributed by atoms with van der Waals surface area (Å²) in [5.74, 6) is 0. The first-order chi connectivity index (χ1) is 6.99. The summed E-state index contributed by atoms with van der Waals surface area (Å²) in [6.07, 6.45) is -0.330. The predicted molar refractivity (Wildman–Crippen MR) is 58.7 cm³/mol. The fourth-order valence-corrected chi connectivity index (χ4v) is 1.85. The molecule has 0 saturated carbocycles. The predicted octanol–water partition coefficient (Wildman–Crippen LogP) is 0.0865. The Morgan fingerprint density at radius 2 is 1.93 bits per heavy atom. The van der Waals surface area contributed by atoms with Gasteiger partial charge in [-0.05, 0) is 20.8 Å². The largest absolute Gasteiger partial charge is 0.396 e. The Labute approximate surface area is 91.8 Å². The van der Waals surface area contributed by atoms with Crippen molar-refractivity contribution < 1.29 is 14.9 Å². The Bertz CT molecular complexity index is 185. The molecule has 2 N–H and O–H groups in total. The van der Waals surface area contributed by atoms with Gasteiger partial charge in [-0.3, -0.25) is 4.90 Å². The van der Waals surface area contributed by atoms with Crippen LogP contribution in [0.3, 0.4) is 0 Å². The van der Waals surface area contributed by atoms with Crippen LogP contribution in [-0.2, 0) is 4.74 Å². The van der Waals surface area contributed by atoms with Crippen molar-refractivity contribution in [3.05, 3.63) is 0 Å². The van der Waals surface area contributed by atoms with Gasteiger partial charge in [-0.1, -0.05) is 0 Å². The first-order valence-corrected chi connectivity index (χ1v) is 5.60. The van der Waals surface area contributed by atoms with Crippen LogP contribution >= 0.6 is 0 Å². The normalized spacial score (nSPS) is 21.8. The highest BCUT2D eigenvalue weighted by molar-refractivity contribution is 4.89. The van der Waals surface area contributed by atoms with E-state index in [4.69, 9.17) is 4.74 Å². The van der Waals surface area contributed by atoms with Crippen molar-refractivity contribution in [1.82, 2.24) is 4.90 Å². The first-order valence-electron chi connectivity index (χ1n) is 5.60. The molecule has 1 fully saturated rings. The van der Waals surface area contributed by atoms with Gasteiger partial charge in [0.2, 0.25) is 0 Å². The Hall–Kier alpha value is -0.160. The van der Waals surface area contributed by atoms with E-state index in [0.29, 0.717) is 25.8 Å². The molecule has 1 aliphatic rings. The van der Waals surface area contributed by atoms with Crippen LogP contribution in [0.15, 0.2) is 0 Å². The molecule has 0 aromatic carbocycles. The summed E-state index contributed by atoms with van der Waals surface area (Å²) in [5.41, 5.74) is -0.0981. The fourth-order valence-electron chi connectivity index (χ4n) is 1.85. The SMILES string of the molecule is CC(O)CN(CC1(CO)COC1)C(C)C. The molecule has 0 aromatic rings. The minimum absolute atomic E-state index is 0.0981. The lowest BCUT2D eigenvalue weighted by molar-refractivity contribution is -0.152. The van der Waals surface area contributed by atoms with E-state index in [1.165, 1.54) is 0 Å². The van der Waals surface area contributed by atoms with E-state index in [2.05, 4.69) is 18.7 Å². The van der Waals surface area contributed by atoms with Gasteiger partial charge in [0.05, 0.1) is 31.3 Å². The highest BCUT2D eigenvalue weighted by Crippen LogP contribution is 2.28. The molecule has 4 heteroatoms. The molecular weight excluding hydrogens is 194 g/mol. The summed E-state index contributed by atoms with van der Waals surface area (Å²) in [4.78, 5) is 2.20. The molecule has 0 aromatic heterocycles. The van der Waals surface area contributed by atoms with Crippen LogP contribution in [0.2, 0.25) is 0 Å². The van der Waals surface area contributed by atoms with Gasteiger partial charge in [-0.2, -0.15) is 0 Å². The second-order valence-electron chi connectivity index (χ2n) is 5.02. The van der Waals surface area contributed by atoms with Gasteiger partial charge in [-0.25, -0.2) is 0 Å². The van der Waals surface area contributed by atoms with Crippen molar-refractivity contribution in [2.24, 2.45) is 5.41 Å². The lowest BCUT2D eigenvalue weighted by Crippen LogP contribution is -2.55. The van der Waals surface area contributed by atoms with Crippen molar-refractivity contribution >= 4 is 0 Å². The summed E-state index contributed by atoms with van der Waals surface area (Å²) in [6, 6.07) is 0.378. The van der Waals surface area contributed by atoms with Gasteiger partial charge < -0.3 is 14.9 Å². The van der Waals surface area contributed by atoms with Crippen molar-refractivity contribution in [1.29, 1.82) is 0 Å². The third kappa shape index (κ3) is 3.41. The maximum absolute atomic E-state index is 9.40. The van der Waals surface area contributed by atoms with Crippen molar-refractivity contribution in [3.63, 3.8) is 0 Å². The average molecular weight is 217 g/mol. The van der Waals surface area contributed by atoms with E-state index in [-0.39, 0.29) is 18.1 Å². The summed E-state index contributed by atoms with van der Waals surface area (Å²) in [7, 11) is 0. The molecule has 15 heavy (non-hydrogen) atoms. The zero-order valence-electron chi connectivity index (χ0n) is 9.94. The summed E-state index contributed by atoms with van der Waals surface area (Å²) < 4.78 is 5.17. The third-order valence-electron chi connectivity index (χ3n) is 2.92. The second-order valence-corrected chi connectivity index (χ2v) is 5.02. The summed E-state index contributed by atoms with van der Waals surface area (Å²) >= 11 is 0. The molecular formula is C11H23NO3. The fraction of sp³-hybridized carbons (Fsp3) is 1.00. The van der Waals surface area contributed by atoms with Crippen LogP contribution in [-0.4, -0.2) is 60.2 Å². The van der Waals surface area contributed by atoms with E-state index < -0.39 is 0 Å². The van der Waals surface area contributed by atoms with Crippen LogP contribution in [0.4, 0.5) is 0 Å². The number of rotatable bonds is 6. The van der Waals surface area contributed by atoms with Gasteiger partial charge in [0.25, 0.3) is 0 Å². The van der Waals surface area contributed by atoms with Gasteiger partial charge in [0, 0.05) is 19.1 Å². The number of hydrogen-bond donors (Lipinski definition) is 2. The maximum Gasteiger partial charge on any atom is 0.0639 e. The van der Waals surface area contributed by atoms with Gasteiger partial charge in [0.1, 0.15) is 0 Å². The van der Waals surface area contributed by atoms with Gasteiger partial charge in [-0.15, -0.1) is 0 Å². The number of aliphatic hydroxyl groups is 2. The number of nitrogens with zero attached hydrogens (tertiary/aromatic N) is 1. The Morgan fingerprint density at radius 3 is 2.20 bits per heavy atom. The second kappa shape index (κ2) is 5.25. The Balaban J connectivity index is 2.49. The van der Waals surface area contributed by atoms with Gasteiger partial charge in [0.15, 0.2) is 0 Å². The number of aliphatic hydroxyl groups excluding tert-OH is 2. The number of ether oxygens (including phenoxy) is 1. The van der Waals surface area contributed by atoms with Gasteiger partial charge >= 0.3 is 0 Å². The molecule has 1 saturated heterocycles. The van der Waals surface area contributed by atoms with Crippen molar-refractivity contribution in [2.45, 2.75) is 32.9 Å². The minimum Gasteiger partial charge on any atom is -0.396 e. The molecule has 4 nitrogen and oxygen atoms in total. The zero-order valence-corrected chi connectivity index (χ0v) is 9.94. The number of hydrogen-bond acceptors (Lipinski definition) is 4. The summed E-state index contributed by atoms with van der Waals surface area (Å²) in [6.45, 7) is 8.87. The smallest absolute Gasteiger partial charge is 0.0639 e. The van der Waals surface area contributed by atoms with E-state index in [9.17, 15) is 10.2 Å². The highest BCUT2D eigenvalue weighted by Gasteiger charge is 2.40.